The highest BCUT2D eigenvalue weighted by molar-refractivity contribution is 5.75. The average molecular weight is 236 g/mol. The van der Waals surface area contributed by atoms with Crippen molar-refractivity contribution >= 4 is 5.91 Å². The van der Waals surface area contributed by atoms with Crippen molar-refractivity contribution in [1.82, 2.24) is 5.32 Å². The zero-order chi connectivity index (χ0) is 12.3. The predicted octanol–water partition coefficient (Wildman–Crippen LogP) is 1.31. The first kappa shape index (κ1) is 13.5. The van der Waals surface area contributed by atoms with E-state index in [4.69, 9.17) is 10.5 Å². The van der Waals surface area contributed by atoms with Crippen molar-refractivity contribution in [3.8, 4) is 5.75 Å². The van der Waals surface area contributed by atoms with Gasteiger partial charge < -0.3 is 15.8 Å². The van der Waals surface area contributed by atoms with E-state index in [-0.39, 0.29) is 5.91 Å². The summed E-state index contributed by atoms with van der Waals surface area (Å²) in [4.78, 5) is 11.3. The fourth-order valence-electron chi connectivity index (χ4n) is 1.39. The van der Waals surface area contributed by atoms with Gasteiger partial charge in [0.15, 0.2) is 0 Å². The fraction of sp³-hybridized carbons (Fsp3) is 0.462. The molecule has 4 heteroatoms. The second-order valence-electron chi connectivity index (χ2n) is 3.76. The van der Waals surface area contributed by atoms with Crippen molar-refractivity contribution in [3.63, 3.8) is 0 Å². The standard InChI is InChI=1S/C13H20N2O2/c14-9-5-4-8-13(16)15-10-11-17-12-6-2-1-3-7-12/h1-3,6-7H,4-5,8-11,14H2,(H,15,16). The number of nitrogens with one attached hydrogen (secondary N) is 1. The van der Waals surface area contributed by atoms with Crippen LogP contribution in [0.5, 0.6) is 5.75 Å². The van der Waals surface area contributed by atoms with Crippen LogP contribution in [0.15, 0.2) is 30.3 Å². The molecule has 1 amide bonds. The summed E-state index contributed by atoms with van der Waals surface area (Å²) < 4.78 is 5.45. The van der Waals surface area contributed by atoms with Gasteiger partial charge in [0.25, 0.3) is 0 Å². The minimum atomic E-state index is 0.0649. The molecule has 0 aromatic heterocycles. The third-order valence-corrected chi connectivity index (χ3v) is 2.29. The number of benzene rings is 1. The molecule has 0 fully saturated rings. The number of nitrogens with two attached hydrogens (primary N) is 1. The first-order valence-corrected chi connectivity index (χ1v) is 5.97. The van der Waals surface area contributed by atoms with Crippen LogP contribution in [0, 0.1) is 0 Å². The Labute approximate surface area is 102 Å². The number of unbranched alkanes of at least 4 members (excludes halogenated alkanes) is 1. The van der Waals surface area contributed by atoms with Crippen molar-refractivity contribution in [2.24, 2.45) is 5.73 Å². The highest BCUT2D eigenvalue weighted by atomic mass is 16.5. The van der Waals surface area contributed by atoms with Crippen LogP contribution < -0.4 is 15.8 Å². The van der Waals surface area contributed by atoms with Crippen LogP contribution in [0.4, 0.5) is 0 Å². The average Bonchev–Trinajstić information content (AvgIpc) is 2.36. The third-order valence-electron chi connectivity index (χ3n) is 2.29. The summed E-state index contributed by atoms with van der Waals surface area (Å²) in [5.74, 6) is 0.889. The lowest BCUT2D eigenvalue weighted by molar-refractivity contribution is -0.121. The van der Waals surface area contributed by atoms with Gasteiger partial charge in [0.1, 0.15) is 12.4 Å². The van der Waals surface area contributed by atoms with Crippen LogP contribution in [-0.4, -0.2) is 25.6 Å². The van der Waals surface area contributed by atoms with Gasteiger partial charge in [0.05, 0.1) is 6.54 Å². The van der Waals surface area contributed by atoms with Crippen molar-refractivity contribution in [2.45, 2.75) is 19.3 Å². The van der Waals surface area contributed by atoms with Gasteiger partial charge in [-0.2, -0.15) is 0 Å². The minimum Gasteiger partial charge on any atom is -0.492 e. The van der Waals surface area contributed by atoms with Gasteiger partial charge in [-0.05, 0) is 31.5 Å². The Hall–Kier alpha value is -1.55. The van der Waals surface area contributed by atoms with E-state index < -0.39 is 0 Å². The molecule has 3 N–H and O–H groups in total. The van der Waals surface area contributed by atoms with E-state index in [1.807, 2.05) is 30.3 Å². The second-order valence-corrected chi connectivity index (χ2v) is 3.76. The lowest BCUT2D eigenvalue weighted by Gasteiger charge is -2.07. The van der Waals surface area contributed by atoms with Crippen LogP contribution >= 0.6 is 0 Å². The quantitative estimate of drug-likeness (QED) is 0.669. The lowest BCUT2D eigenvalue weighted by atomic mass is 10.2. The summed E-state index contributed by atoms with van der Waals surface area (Å²) in [5.41, 5.74) is 5.35. The number of amides is 1. The molecule has 1 rings (SSSR count). The third kappa shape index (κ3) is 6.58. The molecule has 0 radical (unpaired) electrons. The van der Waals surface area contributed by atoms with Crippen molar-refractivity contribution < 1.29 is 9.53 Å². The van der Waals surface area contributed by atoms with Gasteiger partial charge >= 0.3 is 0 Å². The van der Waals surface area contributed by atoms with Crippen LogP contribution in [0.2, 0.25) is 0 Å². The van der Waals surface area contributed by atoms with Gasteiger partial charge in [-0.3, -0.25) is 4.79 Å². The van der Waals surface area contributed by atoms with Crippen molar-refractivity contribution in [1.29, 1.82) is 0 Å². The van der Waals surface area contributed by atoms with Crippen LogP contribution in [0.25, 0.3) is 0 Å². The highest BCUT2D eigenvalue weighted by Gasteiger charge is 1.99. The lowest BCUT2D eigenvalue weighted by Crippen LogP contribution is -2.27. The van der Waals surface area contributed by atoms with Gasteiger partial charge in [0.2, 0.25) is 5.91 Å². The molecule has 4 nitrogen and oxygen atoms in total. The number of hydrogen-bond acceptors (Lipinski definition) is 3. The topological polar surface area (TPSA) is 64.4 Å². The van der Waals surface area contributed by atoms with Crippen LogP contribution in [0.1, 0.15) is 19.3 Å². The number of carbonyl (C=O) groups excluding carboxylic acids is 1. The van der Waals surface area contributed by atoms with E-state index in [0.717, 1.165) is 18.6 Å². The summed E-state index contributed by atoms with van der Waals surface area (Å²) in [7, 11) is 0. The van der Waals surface area contributed by atoms with Crippen molar-refractivity contribution in [2.75, 3.05) is 19.7 Å². The molecule has 0 unspecified atom stereocenters. The Morgan fingerprint density at radius 3 is 2.71 bits per heavy atom. The second kappa shape index (κ2) is 8.58. The molecule has 0 atom stereocenters. The maximum Gasteiger partial charge on any atom is 0.220 e. The Balaban J connectivity index is 2.02. The summed E-state index contributed by atoms with van der Waals surface area (Å²) in [6.45, 7) is 1.67. The smallest absolute Gasteiger partial charge is 0.220 e. The largest absolute Gasteiger partial charge is 0.492 e. The number of carbonyl (C=O) groups is 1. The molecule has 0 spiro atoms. The molecule has 0 aliphatic heterocycles. The van der Waals surface area contributed by atoms with Crippen molar-refractivity contribution in [3.05, 3.63) is 30.3 Å². The summed E-state index contributed by atoms with van der Waals surface area (Å²) in [6, 6.07) is 9.56. The Morgan fingerprint density at radius 1 is 1.24 bits per heavy atom. The minimum absolute atomic E-state index is 0.0649. The normalized spacial score (nSPS) is 9.94. The van der Waals surface area contributed by atoms with E-state index in [9.17, 15) is 4.79 Å². The molecule has 0 aliphatic carbocycles. The zero-order valence-electron chi connectivity index (χ0n) is 10.0. The Kier molecular flexibility index (Phi) is 6.82. The molecule has 0 heterocycles. The first-order chi connectivity index (χ1) is 8.33. The fourth-order valence-corrected chi connectivity index (χ4v) is 1.39. The van der Waals surface area contributed by atoms with Crippen LogP contribution in [-0.2, 0) is 4.79 Å². The molecule has 17 heavy (non-hydrogen) atoms. The van der Waals surface area contributed by atoms with E-state index in [2.05, 4.69) is 5.32 Å². The molecule has 1 aromatic rings. The summed E-state index contributed by atoms with van der Waals surface area (Å²) in [6.07, 6.45) is 2.29. The molecular weight excluding hydrogens is 216 g/mol. The molecule has 0 saturated carbocycles. The number of ether oxygens (including phenoxy) is 1. The highest BCUT2D eigenvalue weighted by Crippen LogP contribution is 2.07. The first-order valence-electron chi connectivity index (χ1n) is 5.97. The predicted molar refractivity (Wildman–Crippen MR) is 67.9 cm³/mol. The van der Waals surface area contributed by atoms with Gasteiger partial charge in [-0.25, -0.2) is 0 Å². The summed E-state index contributed by atoms with van der Waals surface area (Å²) in [5, 5.41) is 2.81. The molecular formula is C13H20N2O2. The maximum atomic E-state index is 11.3. The van der Waals surface area contributed by atoms with E-state index in [1.54, 1.807) is 0 Å². The number of hydrogen-bond donors (Lipinski definition) is 2. The number of para-hydroxylation sites is 1. The SMILES string of the molecule is NCCCCC(=O)NCCOc1ccccc1. The molecule has 0 bridgehead atoms. The van der Waals surface area contributed by atoms with Gasteiger partial charge in [-0.15, -0.1) is 0 Å². The molecule has 0 aliphatic rings. The maximum absolute atomic E-state index is 11.3. The van der Waals surface area contributed by atoms with Gasteiger partial charge in [0, 0.05) is 6.42 Å². The molecule has 1 aromatic carbocycles. The number of rotatable bonds is 8. The van der Waals surface area contributed by atoms with E-state index in [0.29, 0.717) is 26.1 Å². The van der Waals surface area contributed by atoms with E-state index in [1.165, 1.54) is 0 Å². The Morgan fingerprint density at radius 2 is 2.00 bits per heavy atom. The Bertz CT molecular complexity index is 314. The molecule has 0 saturated heterocycles. The summed E-state index contributed by atoms with van der Waals surface area (Å²) >= 11 is 0. The zero-order valence-corrected chi connectivity index (χ0v) is 10.0. The van der Waals surface area contributed by atoms with Crippen LogP contribution in [0.3, 0.4) is 0 Å². The molecule has 94 valence electrons. The van der Waals surface area contributed by atoms with E-state index >= 15 is 0 Å². The van der Waals surface area contributed by atoms with Gasteiger partial charge in [-0.1, -0.05) is 18.2 Å². The monoisotopic (exact) mass is 236 g/mol.